The van der Waals surface area contributed by atoms with Crippen LogP contribution in [0, 0.1) is 0 Å². The van der Waals surface area contributed by atoms with Crippen molar-refractivity contribution < 1.29 is 9.53 Å². The Hall–Kier alpha value is -3.90. The van der Waals surface area contributed by atoms with Crippen LogP contribution in [0.3, 0.4) is 0 Å². The highest BCUT2D eigenvalue weighted by Gasteiger charge is 2.33. The highest BCUT2D eigenvalue weighted by molar-refractivity contribution is 5.91. The molecule has 0 atom stereocenters. The van der Waals surface area contributed by atoms with Gasteiger partial charge in [-0.1, -0.05) is 66.7 Å². The molecule has 1 fully saturated rings. The van der Waals surface area contributed by atoms with Crippen LogP contribution in [0.1, 0.15) is 52.6 Å². The summed E-state index contributed by atoms with van der Waals surface area (Å²) in [5.74, 6) is 2.33. The number of carbonyl (C=O) groups excluding carboxylic acids is 1. The highest BCUT2D eigenvalue weighted by atomic mass is 16.5. The fourth-order valence-corrected chi connectivity index (χ4v) is 4.77. The second-order valence-corrected chi connectivity index (χ2v) is 9.48. The molecule has 1 aliphatic rings. The predicted molar refractivity (Wildman–Crippen MR) is 142 cm³/mol. The number of rotatable bonds is 10. The van der Waals surface area contributed by atoms with Gasteiger partial charge < -0.3 is 15.4 Å². The van der Waals surface area contributed by atoms with Crippen molar-refractivity contribution in [3.8, 4) is 5.75 Å². The quantitative estimate of drug-likeness (QED) is 0.278. The number of nitrogens with one attached hydrogen (secondary N) is 3. The summed E-state index contributed by atoms with van der Waals surface area (Å²) in [5.41, 5.74) is 5.96. The van der Waals surface area contributed by atoms with Crippen LogP contribution in [0.25, 0.3) is 0 Å². The van der Waals surface area contributed by atoms with E-state index in [2.05, 4.69) is 69.4 Å². The molecule has 3 N–H and O–H groups in total. The zero-order chi connectivity index (χ0) is 24.7. The molecule has 36 heavy (non-hydrogen) atoms. The summed E-state index contributed by atoms with van der Waals surface area (Å²) < 4.78 is 5.17. The lowest BCUT2D eigenvalue weighted by Crippen LogP contribution is -2.21. The van der Waals surface area contributed by atoms with Gasteiger partial charge in [-0.3, -0.25) is 9.89 Å². The molecule has 0 unspecified atom stereocenters. The topological polar surface area (TPSA) is 79.0 Å². The van der Waals surface area contributed by atoms with Gasteiger partial charge >= 0.3 is 0 Å². The monoisotopic (exact) mass is 480 g/mol. The molecule has 1 aliphatic carbocycles. The van der Waals surface area contributed by atoms with Crippen LogP contribution in [-0.4, -0.2) is 23.2 Å². The third-order valence-corrected chi connectivity index (χ3v) is 6.88. The van der Waals surface area contributed by atoms with E-state index in [0.29, 0.717) is 24.1 Å². The Morgan fingerprint density at radius 2 is 1.64 bits per heavy atom. The van der Waals surface area contributed by atoms with Crippen molar-refractivity contribution in [1.29, 1.82) is 0 Å². The van der Waals surface area contributed by atoms with Crippen molar-refractivity contribution in [2.45, 2.75) is 44.2 Å². The SMILES string of the molecule is COc1ccc(CC(=O)Nc2cc([C@H]3C[C@@H](c4cccc(CNCc5ccccc5)c4)C3)n[nH]2)cc1. The lowest BCUT2D eigenvalue weighted by atomic mass is 9.70. The van der Waals surface area contributed by atoms with Crippen molar-refractivity contribution in [3.63, 3.8) is 0 Å². The summed E-state index contributed by atoms with van der Waals surface area (Å²) in [7, 11) is 1.63. The number of nitrogens with zero attached hydrogens (tertiary/aromatic N) is 1. The number of methoxy groups -OCH3 is 1. The Bertz CT molecular complexity index is 1280. The fraction of sp³-hybridized carbons (Fsp3) is 0.267. The average molecular weight is 481 g/mol. The molecule has 184 valence electrons. The number of aromatic amines is 1. The van der Waals surface area contributed by atoms with Crippen molar-refractivity contribution in [2.75, 3.05) is 12.4 Å². The van der Waals surface area contributed by atoms with Crippen LogP contribution >= 0.6 is 0 Å². The van der Waals surface area contributed by atoms with Gasteiger partial charge in [-0.05, 0) is 53.1 Å². The number of amides is 1. The minimum atomic E-state index is -0.0699. The number of anilines is 1. The molecule has 4 aromatic rings. The van der Waals surface area contributed by atoms with Gasteiger partial charge in [-0.15, -0.1) is 0 Å². The van der Waals surface area contributed by atoms with E-state index in [1.54, 1.807) is 7.11 Å². The number of H-pyrrole nitrogens is 1. The first-order chi connectivity index (χ1) is 17.7. The summed E-state index contributed by atoms with van der Waals surface area (Å²) in [6.07, 6.45) is 2.45. The number of hydrogen-bond acceptors (Lipinski definition) is 4. The van der Waals surface area contributed by atoms with E-state index in [0.717, 1.165) is 42.9 Å². The second kappa shape index (κ2) is 11.2. The van der Waals surface area contributed by atoms with E-state index < -0.39 is 0 Å². The second-order valence-electron chi connectivity index (χ2n) is 9.48. The van der Waals surface area contributed by atoms with Crippen molar-refractivity contribution >= 4 is 11.7 Å². The Labute approximate surface area is 212 Å². The molecule has 0 bridgehead atoms. The van der Waals surface area contributed by atoms with Crippen LogP contribution in [0.2, 0.25) is 0 Å². The maximum atomic E-state index is 12.4. The zero-order valence-corrected chi connectivity index (χ0v) is 20.5. The maximum absolute atomic E-state index is 12.4. The summed E-state index contributed by atoms with van der Waals surface area (Å²) in [6.45, 7) is 1.73. The fourth-order valence-electron chi connectivity index (χ4n) is 4.77. The Morgan fingerprint density at radius 1 is 0.889 bits per heavy atom. The standard InChI is InChI=1S/C30H32N4O2/c1-36-27-12-10-21(11-13-27)15-30(35)32-29-18-28(33-34-29)26-16-25(17-26)24-9-5-8-23(14-24)20-31-19-22-6-3-2-4-7-22/h2-14,18,25-26,31H,15-17,19-20H2,1H3,(H2,32,33,34,35)/t25-,26+. The van der Waals surface area contributed by atoms with Gasteiger partial charge in [-0.2, -0.15) is 5.10 Å². The zero-order valence-electron chi connectivity index (χ0n) is 20.5. The van der Waals surface area contributed by atoms with Crippen LogP contribution in [0.4, 0.5) is 5.82 Å². The number of carbonyl (C=O) groups is 1. The molecule has 1 amide bonds. The van der Waals surface area contributed by atoms with Crippen LogP contribution in [0.5, 0.6) is 5.75 Å². The minimum Gasteiger partial charge on any atom is -0.497 e. The summed E-state index contributed by atoms with van der Waals surface area (Å²) in [6, 6.07) is 28.9. The van der Waals surface area contributed by atoms with Crippen molar-refractivity contribution in [2.24, 2.45) is 0 Å². The number of benzene rings is 3. The van der Waals surface area contributed by atoms with Crippen LogP contribution in [0.15, 0.2) is 84.9 Å². The van der Waals surface area contributed by atoms with E-state index in [-0.39, 0.29) is 5.91 Å². The molecule has 1 aromatic heterocycles. The van der Waals surface area contributed by atoms with E-state index in [1.807, 2.05) is 36.4 Å². The van der Waals surface area contributed by atoms with Crippen molar-refractivity contribution in [1.82, 2.24) is 15.5 Å². The lowest BCUT2D eigenvalue weighted by molar-refractivity contribution is -0.115. The molecule has 6 heteroatoms. The first-order valence-electron chi connectivity index (χ1n) is 12.5. The number of aromatic nitrogens is 2. The molecule has 0 aliphatic heterocycles. The third kappa shape index (κ3) is 6.01. The molecule has 3 aromatic carbocycles. The third-order valence-electron chi connectivity index (χ3n) is 6.88. The van der Waals surface area contributed by atoms with E-state index in [1.165, 1.54) is 16.7 Å². The molecule has 6 nitrogen and oxygen atoms in total. The van der Waals surface area contributed by atoms with Crippen molar-refractivity contribution in [3.05, 3.63) is 113 Å². The normalized spacial score (nSPS) is 16.8. The molecule has 1 heterocycles. The van der Waals surface area contributed by atoms with Gasteiger partial charge in [0.15, 0.2) is 0 Å². The van der Waals surface area contributed by atoms with Gasteiger partial charge in [0.2, 0.25) is 5.91 Å². The van der Waals surface area contributed by atoms with Gasteiger partial charge in [0.1, 0.15) is 11.6 Å². The van der Waals surface area contributed by atoms with Crippen LogP contribution in [-0.2, 0) is 24.3 Å². The van der Waals surface area contributed by atoms with Gasteiger partial charge in [0.05, 0.1) is 19.2 Å². The minimum absolute atomic E-state index is 0.0699. The molecule has 5 rings (SSSR count). The smallest absolute Gasteiger partial charge is 0.229 e. The van der Waals surface area contributed by atoms with E-state index in [4.69, 9.17) is 4.74 Å². The first-order valence-corrected chi connectivity index (χ1v) is 12.5. The van der Waals surface area contributed by atoms with E-state index >= 15 is 0 Å². The molecule has 0 radical (unpaired) electrons. The summed E-state index contributed by atoms with van der Waals surface area (Å²) in [5, 5.41) is 13.9. The maximum Gasteiger partial charge on any atom is 0.229 e. The molecular weight excluding hydrogens is 448 g/mol. The first kappa shape index (κ1) is 23.8. The average Bonchev–Trinajstić information content (AvgIpc) is 3.32. The Morgan fingerprint density at radius 3 is 2.42 bits per heavy atom. The number of ether oxygens (including phenoxy) is 1. The summed E-state index contributed by atoms with van der Waals surface area (Å²) in [4.78, 5) is 12.4. The lowest BCUT2D eigenvalue weighted by Gasteiger charge is -2.34. The summed E-state index contributed by atoms with van der Waals surface area (Å²) >= 11 is 0. The molecule has 1 saturated carbocycles. The van der Waals surface area contributed by atoms with Crippen LogP contribution < -0.4 is 15.4 Å². The van der Waals surface area contributed by atoms with Gasteiger partial charge in [0.25, 0.3) is 0 Å². The predicted octanol–water partition coefficient (Wildman–Crippen LogP) is 5.55. The molecule has 0 spiro atoms. The Balaban J connectivity index is 1.09. The largest absolute Gasteiger partial charge is 0.497 e. The van der Waals surface area contributed by atoms with E-state index in [9.17, 15) is 4.79 Å². The van der Waals surface area contributed by atoms with Gasteiger partial charge in [-0.25, -0.2) is 0 Å². The molecule has 0 saturated heterocycles. The molecular formula is C30H32N4O2. The Kier molecular flexibility index (Phi) is 7.43. The number of hydrogen-bond donors (Lipinski definition) is 3. The highest BCUT2D eigenvalue weighted by Crippen LogP contribution is 2.47. The van der Waals surface area contributed by atoms with Gasteiger partial charge in [0, 0.05) is 25.1 Å².